The van der Waals surface area contributed by atoms with E-state index < -0.39 is 17.8 Å². The van der Waals surface area contributed by atoms with Crippen LogP contribution in [0.15, 0.2) is 54.6 Å². The van der Waals surface area contributed by atoms with Gasteiger partial charge in [-0.05, 0) is 29.8 Å². The van der Waals surface area contributed by atoms with Gasteiger partial charge in [-0.2, -0.15) is 0 Å². The highest BCUT2D eigenvalue weighted by molar-refractivity contribution is 6.44. The van der Waals surface area contributed by atoms with E-state index in [9.17, 15) is 14.4 Å². The molecular weight excluding hydrogens is 384 g/mol. The first kappa shape index (κ1) is 19.9. The smallest absolute Gasteiger partial charge is 0.335 e. The van der Waals surface area contributed by atoms with Gasteiger partial charge in [0, 0.05) is 31.9 Å². The Morgan fingerprint density at radius 2 is 1.43 bits per heavy atom. The number of carbonyl (C=O) groups excluding carboxylic acids is 3. The van der Waals surface area contributed by atoms with Crippen molar-refractivity contribution in [2.75, 3.05) is 44.9 Å². The molecule has 8 nitrogen and oxygen atoms in total. The maximum Gasteiger partial charge on any atom is 0.335 e. The molecule has 0 saturated carbocycles. The molecule has 0 bridgehead atoms. The highest BCUT2D eigenvalue weighted by Crippen LogP contribution is 2.21. The number of imide groups is 2. The number of carbonyl (C=O) groups is 3. The van der Waals surface area contributed by atoms with Crippen molar-refractivity contribution in [2.24, 2.45) is 0 Å². The standard InChI is InChI=1S/C22H24N4O4/c1-30-19-9-7-18(8-10-19)24-13-11-23(12-14-24)16-26-21(28)20(27)25(22(26)29)15-17-5-3-2-4-6-17/h2-10H,11-16H2,1H3. The Morgan fingerprint density at radius 1 is 0.800 bits per heavy atom. The summed E-state index contributed by atoms with van der Waals surface area (Å²) in [7, 11) is 1.64. The van der Waals surface area contributed by atoms with Crippen molar-refractivity contribution in [1.82, 2.24) is 14.7 Å². The molecule has 0 atom stereocenters. The van der Waals surface area contributed by atoms with E-state index in [2.05, 4.69) is 4.90 Å². The van der Waals surface area contributed by atoms with Gasteiger partial charge in [0.25, 0.3) is 0 Å². The molecule has 2 aromatic rings. The topological polar surface area (TPSA) is 73.4 Å². The largest absolute Gasteiger partial charge is 0.497 e. The molecule has 0 aliphatic carbocycles. The predicted octanol–water partition coefficient (Wildman–Crippen LogP) is 1.77. The molecule has 2 saturated heterocycles. The van der Waals surface area contributed by atoms with Gasteiger partial charge >= 0.3 is 17.8 Å². The second kappa shape index (κ2) is 8.54. The Hall–Kier alpha value is -3.39. The molecule has 0 spiro atoms. The lowest BCUT2D eigenvalue weighted by atomic mass is 10.2. The number of ether oxygens (including phenoxy) is 1. The van der Waals surface area contributed by atoms with Crippen LogP contribution in [0, 0.1) is 0 Å². The van der Waals surface area contributed by atoms with Crippen molar-refractivity contribution in [2.45, 2.75) is 6.54 Å². The minimum atomic E-state index is -0.763. The third kappa shape index (κ3) is 3.99. The fourth-order valence-electron chi connectivity index (χ4n) is 3.72. The number of rotatable bonds is 6. The zero-order chi connectivity index (χ0) is 21.1. The molecule has 0 radical (unpaired) electrons. The lowest BCUT2D eigenvalue weighted by molar-refractivity contribution is -0.144. The lowest BCUT2D eigenvalue weighted by Crippen LogP contribution is -2.51. The molecule has 0 unspecified atom stereocenters. The molecule has 4 rings (SSSR count). The highest BCUT2D eigenvalue weighted by Gasteiger charge is 2.45. The summed E-state index contributed by atoms with van der Waals surface area (Å²) in [4.78, 5) is 43.8. The van der Waals surface area contributed by atoms with Gasteiger partial charge in [0.15, 0.2) is 0 Å². The minimum absolute atomic E-state index is 0.103. The maximum absolute atomic E-state index is 12.7. The number of hydrogen-bond donors (Lipinski definition) is 0. The molecular formula is C22H24N4O4. The van der Waals surface area contributed by atoms with E-state index in [1.165, 1.54) is 0 Å². The summed E-state index contributed by atoms with van der Waals surface area (Å²) < 4.78 is 5.20. The molecule has 2 fully saturated rings. The normalized spacial score (nSPS) is 17.8. The van der Waals surface area contributed by atoms with Gasteiger partial charge in [-0.1, -0.05) is 30.3 Å². The van der Waals surface area contributed by atoms with Crippen LogP contribution in [0.5, 0.6) is 5.75 Å². The van der Waals surface area contributed by atoms with Crippen LogP contribution in [0.25, 0.3) is 0 Å². The number of benzene rings is 2. The van der Waals surface area contributed by atoms with Gasteiger partial charge < -0.3 is 9.64 Å². The summed E-state index contributed by atoms with van der Waals surface area (Å²) in [6, 6.07) is 16.5. The average Bonchev–Trinajstić information content (AvgIpc) is 2.99. The van der Waals surface area contributed by atoms with E-state index in [0.29, 0.717) is 13.1 Å². The van der Waals surface area contributed by atoms with Crippen LogP contribution in [0.3, 0.4) is 0 Å². The van der Waals surface area contributed by atoms with Crippen molar-refractivity contribution in [3.8, 4) is 5.75 Å². The van der Waals surface area contributed by atoms with Crippen molar-refractivity contribution < 1.29 is 19.1 Å². The molecule has 4 amide bonds. The number of piperazine rings is 1. The zero-order valence-corrected chi connectivity index (χ0v) is 16.9. The number of anilines is 1. The lowest BCUT2D eigenvalue weighted by Gasteiger charge is -2.37. The summed E-state index contributed by atoms with van der Waals surface area (Å²) in [6.07, 6.45) is 0. The molecule has 0 N–H and O–H groups in total. The van der Waals surface area contributed by atoms with Crippen LogP contribution in [0.4, 0.5) is 10.5 Å². The quantitative estimate of drug-likeness (QED) is 0.536. The first-order chi connectivity index (χ1) is 14.6. The number of amides is 4. The highest BCUT2D eigenvalue weighted by atomic mass is 16.5. The van der Waals surface area contributed by atoms with Crippen LogP contribution in [0.1, 0.15) is 5.56 Å². The van der Waals surface area contributed by atoms with Crippen LogP contribution in [0.2, 0.25) is 0 Å². The van der Waals surface area contributed by atoms with Gasteiger partial charge in [-0.3, -0.25) is 19.4 Å². The Bertz CT molecular complexity index is 924. The van der Waals surface area contributed by atoms with Crippen molar-refractivity contribution in [1.29, 1.82) is 0 Å². The number of urea groups is 1. The fourth-order valence-corrected chi connectivity index (χ4v) is 3.72. The number of nitrogens with zero attached hydrogens (tertiary/aromatic N) is 4. The Labute approximate surface area is 175 Å². The Balaban J connectivity index is 1.34. The van der Waals surface area contributed by atoms with Crippen LogP contribution >= 0.6 is 0 Å². The third-order valence-corrected chi connectivity index (χ3v) is 5.47. The van der Waals surface area contributed by atoms with Gasteiger partial charge in [0.1, 0.15) is 5.75 Å². The van der Waals surface area contributed by atoms with Crippen molar-refractivity contribution in [3.63, 3.8) is 0 Å². The summed E-state index contributed by atoms with van der Waals surface area (Å²) in [5.74, 6) is -0.706. The van der Waals surface area contributed by atoms with E-state index in [4.69, 9.17) is 4.74 Å². The minimum Gasteiger partial charge on any atom is -0.497 e. The van der Waals surface area contributed by atoms with Crippen LogP contribution in [-0.4, -0.2) is 72.5 Å². The summed E-state index contributed by atoms with van der Waals surface area (Å²) in [5.41, 5.74) is 1.91. The third-order valence-electron chi connectivity index (χ3n) is 5.47. The van der Waals surface area contributed by atoms with Gasteiger partial charge in [-0.25, -0.2) is 9.69 Å². The Morgan fingerprint density at radius 3 is 2.07 bits per heavy atom. The van der Waals surface area contributed by atoms with E-state index in [1.54, 1.807) is 7.11 Å². The van der Waals surface area contributed by atoms with Gasteiger partial charge in [0.2, 0.25) is 0 Å². The second-order valence-electron chi connectivity index (χ2n) is 7.34. The molecule has 0 aromatic heterocycles. The van der Waals surface area contributed by atoms with Crippen molar-refractivity contribution in [3.05, 3.63) is 60.2 Å². The van der Waals surface area contributed by atoms with E-state index >= 15 is 0 Å². The van der Waals surface area contributed by atoms with Crippen LogP contribution < -0.4 is 9.64 Å². The molecule has 156 valence electrons. The monoisotopic (exact) mass is 408 g/mol. The second-order valence-corrected chi connectivity index (χ2v) is 7.34. The van der Waals surface area contributed by atoms with E-state index in [0.717, 1.165) is 39.9 Å². The summed E-state index contributed by atoms with van der Waals surface area (Å²) in [5, 5.41) is 0. The maximum atomic E-state index is 12.7. The van der Waals surface area contributed by atoms with Gasteiger partial charge in [0.05, 0.1) is 20.3 Å². The molecule has 2 aliphatic heterocycles. The molecule has 8 heteroatoms. The molecule has 2 heterocycles. The predicted molar refractivity (Wildman–Crippen MR) is 111 cm³/mol. The van der Waals surface area contributed by atoms with Crippen molar-refractivity contribution >= 4 is 23.5 Å². The van der Waals surface area contributed by atoms with Gasteiger partial charge in [-0.15, -0.1) is 0 Å². The van der Waals surface area contributed by atoms with E-state index in [-0.39, 0.29) is 13.2 Å². The number of hydrogen-bond acceptors (Lipinski definition) is 6. The molecule has 2 aromatic carbocycles. The SMILES string of the molecule is COc1ccc(N2CCN(CN3C(=O)C(=O)N(Cc4ccccc4)C3=O)CC2)cc1. The van der Waals surface area contributed by atoms with Crippen LogP contribution in [-0.2, 0) is 16.1 Å². The fraction of sp³-hybridized carbons (Fsp3) is 0.318. The number of methoxy groups -OCH3 is 1. The molecule has 30 heavy (non-hydrogen) atoms. The molecule has 2 aliphatic rings. The zero-order valence-electron chi connectivity index (χ0n) is 16.9. The average molecular weight is 408 g/mol. The Kier molecular flexibility index (Phi) is 5.67. The summed E-state index contributed by atoms with van der Waals surface area (Å²) >= 11 is 0. The summed E-state index contributed by atoms with van der Waals surface area (Å²) in [6.45, 7) is 3.15. The van der Waals surface area contributed by atoms with E-state index in [1.807, 2.05) is 59.5 Å². The first-order valence-corrected chi connectivity index (χ1v) is 9.89. The first-order valence-electron chi connectivity index (χ1n) is 9.89.